The minimum atomic E-state index is 0.270. The SMILES string of the molecule is CCCCN1CCC(NC(=O)C2CCC(C(C)(C)C)CC2)CC1. The maximum absolute atomic E-state index is 12.6. The van der Waals surface area contributed by atoms with Crippen molar-refractivity contribution in [3.05, 3.63) is 0 Å². The van der Waals surface area contributed by atoms with E-state index in [4.69, 9.17) is 0 Å². The minimum absolute atomic E-state index is 0.270. The number of likely N-dealkylation sites (tertiary alicyclic amines) is 1. The van der Waals surface area contributed by atoms with Crippen LogP contribution in [-0.4, -0.2) is 36.5 Å². The number of carbonyl (C=O) groups excluding carboxylic acids is 1. The van der Waals surface area contributed by atoms with Crippen LogP contribution in [0, 0.1) is 17.3 Å². The molecular formula is C20H38N2O. The van der Waals surface area contributed by atoms with E-state index >= 15 is 0 Å². The van der Waals surface area contributed by atoms with E-state index in [1.807, 2.05) is 0 Å². The van der Waals surface area contributed by atoms with Crippen LogP contribution in [0.5, 0.6) is 0 Å². The van der Waals surface area contributed by atoms with E-state index < -0.39 is 0 Å². The van der Waals surface area contributed by atoms with E-state index in [1.165, 1.54) is 32.2 Å². The quantitative estimate of drug-likeness (QED) is 0.822. The summed E-state index contributed by atoms with van der Waals surface area (Å²) in [6, 6.07) is 0.417. The third-order valence-corrected chi connectivity index (χ3v) is 6.08. The summed E-state index contributed by atoms with van der Waals surface area (Å²) in [5.74, 6) is 1.39. The maximum Gasteiger partial charge on any atom is 0.223 e. The zero-order valence-electron chi connectivity index (χ0n) is 15.9. The molecule has 1 heterocycles. The molecule has 3 heteroatoms. The van der Waals surface area contributed by atoms with Gasteiger partial charge in [-0.2, -0.15) is 0 Å². The largest absolute Gasteiger partial charge is 0.353 e. The number of hydrogen-bond acceptors (Lipinski definition) is 2. The van der Waals surface area contributed by atoms with Gasteiger partial charge in [0.15, 0.2) is 0 Å². The molecule has 134 valence electrons. The van der Waals surface area contributed by atoms with E-state index in [0.717, 1.165) is 44.7 Å². The van der Waals surface area contributed by atoms with E-state index in [2.05, 4.69) is 37.9 Å². The highest BCUT2D eigenvalue weighted by Crippen LogP contribution is 2.39. The van der Waals surface area contributed by atoms with Crippen LogP contribution in [0.25, 0.3) is 0 Å². The molecule has 0 bridgehead atoms. The third kappa shape index (κ3) is 5.77. The number of hydrogen-bond donors (Lipinski definition) is 1. The van der Waals surface area contributed by atoms with Crippen molar-refractivity contribution in [1.29, 1.82) is 0 Å². The molecule has 23 heavy (non-hydrogen) atoms. The number of piperidine rings is 1. The first kappa shape index (κ1) is 18.8. The van der Waals surface area contributed by atoms with Crippen molar-refractivity contribution in [2.45, 2.75) is 85.1 Å². The first-order chi connectivity index (χ1) is 10.9. The zero-order chi connectivity index (χ0) is 16.9. The molecule has 2 rings (SSSR count). The van der Waals surface area contributed by atoms with Crippen LogP contribution >= 0.6 is 0 Å². The number of amides is 1. The predicted molar refractivity (Wildman–Crippen MR) is 97.4 cm³/mol. The van der Waals surface area contributed by atoms with Gasteiger partial charge in [0.1, 0.15) is 0 Å². The van der Waals surface area contributed by atoms with Gasteiger partial charge in [0, 0.05) is 25.0 Å². The highest BCUT2D eigenvalue weighted by Gasteiger charge is 2.33. The Bertz CT molecular complexity index is 358. The number of rotatable bonds is 5. The van der Waals surface area contributed by atoms with E-state index in [-0.39, 0.29) is 5.92 Å². The fourth-order valence-corrected chi connectivity index (χ4v) is 4.22. The molecule has 3 nitrogen and oxygen atoms in total. The van der Waals surface area contributed by atoms with Gasteiger partial charge < -0.3 is 10.2 Å². The Morgan fingerprint density at radius 2 is 1.65 bits per heavy atom. The highest BCUT2D eigenvalue weighted by atomic mass is 16.1. The van der Waals surface area contributed by atoms with Gasteiger partial charge in [0.05, 0.1) is 0 Å². The smallest absolute Gasteiger partial charge is 0.223 e. The summed E-state index contributed by atoms with van der Waals surface area (Å²) < 4.78 is 0. The standard InChI is InChI=1S/C20H38N2O/c1-5-6-13-22-14-11-18(12-15-22)21-19(23)16-7-9-17(10-8-16)20(2,3)4/h16-18H,5-15H2,1-4H3,(H,21,23). The molecule has 1 N–H and O–H groups in total. The third-order valence-electron chi connectivity index (χ3n) is 6.08. The Morgan fingerprint density at radius 3 is 2.17 bits per heavy atom. The van der Waals surface area contributed by atoms with Gasteiger partial charge in [-0.1, -0.05) is 34.1 Å². The van der Waals surface area contributed by atoms with Crippen molar-refractivity contribution in [3.8, 4) is 0 Å². The second-order valence-electron chi connectivity index (χ2n) is 8.89. The molecule has 1 amide bonds. The van der Waals surface area contributed by atoms with Gasteiger partial charge in [0.2, 0.25) is 5.91 Å². The van der Waals surface area contributed by atoms with Gasteiger partial charge in [-0.25, -0.2) is 0 Å². The topological polar surface area (TPSA) is 32.3 Å². The monoisotopic (exact) mass is 322 g/mol. The highest BCUT2D eigenvalue weighted by molar-refractivity contribution is 5.79. The molecule has 0 aromatic rings. The fourth-order valence-electron chi connectivity index (χ4n) is 4.22. The van der Waals surface area contributed by atoms with Crippen LogP contribution in [0.2, 0.25) is 0 Å². The Hall–Kier alpha value is -0.570. The lowest BCUT2D eigenvalue weighted by molar-refractivity contribution is -0.127. The molecule has 1 saturated carbocycles. The summed E-state index contributed by atoms with van der Waals surface area (Å²) in [4.78, 5) is 15.1. The molecule has 0 aromatic heterocycles. The molecule has 2 fully saturated rings. The summed E-state index contributed by atoms with van der Waals surface area (Å²) in [6.45, 7) is 12.8. The Balaban J connectivity index is 1.68. The second kappa shape index (κ2) is 8.50. The van der Waals surface area contributed by atoms with E-state index in [9.17, 15) is 4.79 Å². The van der Waals surface area contributed by atoms with Crippen molar-refractivity contribution >= 4 is 5.91 Å². The Morgan fingerprint density at radius 1 is 1.04 bits per heavy atom. The normalized spacial score (nSPS) is 27.8. The summed E-state index contributed by atoms with van der Waals surface area (Å²) >= 11 is 0. The van der Waals surface area contributed by atoms with Crippen LogP contribution in [0.3, 0.4) is 0 Å². The van der Waals surface area contributed by atoms with Crippen molar-refractivity contribution < 1.29 is 4.79 Å². The van der Waals surface area contributed by atoms with Crippen molar-refractivity contribution in [3.63, 3.8) is 0 Å². The molecule has 1 aliphatic carbocycles. The van der Waals surface area contributed by atoms with Gasteiger partial charge in [-0.15, -0.1) is 0 Å². The van der Waals surface area contributed by atoms with Crippen molar-refractivity contribution in [2.75, 3.05) is 19.6 Å². The molecule has 0 unspecified atom stereocenters. The molecule has 0 aromatic carbocycles. The first-order valence-corrected chi connectivity index (χ1v) is 9.93. The lowest BCUT2D eigenvalue weighted by atomic mass is 9.69. The van der Waals surface area contributed by atoms with Crippen molar-refractivity contribution in [2.24, 2.45) is 17.3 Å². The lowest BCUT2D eigenvalue weighted by Gasteiger charge is -2.37. The van der Waals surface area contributed by atoms with Crippen molar-refractivity contribution in [1.82, 2.24) is 10.2 Å². The number of carbonyl (C=O) groups is 1. The van der Waals surface area contributed by atoms with Gasteiger partial charge in [-0.3, -0.25) is 4.79 Å². The fraction of sp³-hybridized carbons (Fsp3) is 0.950. The van der Waals surface area contributed by atoms with Crippen LogP contribution in [0.15, 0.2) is 0 Å². The summed E-state index contributed by atoms with van der Waals surface area (Å²) in [5, 5.41) is 3.35. The van der Waals surface area contributed by atoms with E-state index in [1.54, 1.807) is 0 Å². The molecule has 0 atom stereocenters. The molecular weight excluding hydrogens is 284 g/mol. The van der Waals surface area contributed by atoms with Gasteiger partial charge >= 0.3 is 0 Å². The van der Waals surface area contributed by atoms with Crippen LogP contribution < -0.4 is 5.32 Å². The summed E-state index contributed by atoms with van der Waals surface area (Å²) in [7, 11) is 0. The summed E-state index contributed by atoms with van der Waals surface area (Å²) in [5.41, 5.74) is 0.396. The van der Waals surface area contributed by atoms with Crippen LogP contribution in [0.1, 0.15) is 79.1 Å². The summed E-state index contributed by atoms with van der Waals surface area (Å²) in [6.07, 6.45) is 9.45. The number of unbranched alkanes of at least 4 members (excludes halogenated alkanes) is 1. The van der Waals surface area contributed by atoms with E-state index in [0.29, 0.717) is 17.4 Å². The average Bonchev–Trinajstić information content (AvgIpc) is 2.53. The molecule has 0 spiro atoms. The number of nitrogens with one attached hydrogen (secondary N) is 1. The minimum Gasteiger partial charge on any atom is -0.353 e. The Labute approximate surface area is 143 Å². The van der Waals surface area contributed by atoms with Crippen LogP contribution in [-0.2, 0) is 4.79 Å². The van der Waals surface area contributed by atoms with Crippen LogP contribution in [0.4, 0.5) is 0 Å². The molecule has 1 aliphatic heterocycles. The van der Waals surface area contributed by atoms with Gasteiger partial charge in [-0.05, 0) is 62.8 Å². The lowest BCUT2D eigenvalue weighted by Crippen LogP contribution is -2.47. The first-order valence-electron chi connectivity index (χ1n) is 9.93. The predicted octanol–water partition coefficient (Wildman–Crippen LogP) is 4.22. The average molecular weight is 323 g/mol. The maximum atomic E-state index is 12.6. The Kier molecular flexibility index (Phi) is 6.94. The molecule has 1 saturated heterocycles. The molecule has 0 radical (unpaired) electrons. The molecule has 2 aliphatic rings. The number of nitrogens with zero attached hydrogens (tertiary/aromatic N) is 1. The van der Waals surface area contributed by atoms with Gasteiger partial charge in [0.25, 0.3) is 0 Å². The second-order valence-corrected chi connectivity index (χ2v) is 8.89. The zero-order valence-corrected chi connectivity index (χ0v) is 15.9.